The van der Waals surface area contributed by atoms with Gasteiger partial charge in [0, 0.05) is 54.4 Å². The molecular formula is C29H42N6O2. The molecule has 37 heavy (non-hydrogen) atoms. The summed E-state index contributed by atoms with van der Waals surface area (Å²) in [5, 5.41) is 8.86. The van der Waals surface area contributed by atoms with Gasteiger partial charge in [-0.1, -0.05) is 0 Å². The van der Waals surface area contributed by atoms with Crippen LogP contribution < -0.4 is 15.8 Å². The van der Waals surface area contributed by atoms with Crippen LogP contribution in [-0.2, 0) is 13.6 Å². The summed E-state index contributed by atoms with van der Waals surface area (Å²) in [6, 6.07) is 4.93. The molecular weight excluding hydrogens is 464 g/mol. The molecule has 0 spiro atoms. The van der Waals surface area contributed by atoms with E-state index in [9.17, 15) is 9.59 Å². The van der Waals surface area contributed by atoms with Gasteiger partial charge in [0.1, 0.15) is 0 Å². The van der Waals surface area contributed by atoms with Crippen molar-refractivity contribution in [3.8, 4) is 0 Å². The van der Waals surface area contributed by atoms with Crippen LogP contribution in [0.5, 0.6) is 0 Å². The van der Waals surface area contributed by atoms with Gasteiger partial charge in [-0.05, 0) is 97.7 Å². The van der Waals surface area contributed by atoms with Gasteiger partial charge >= 0.3 is 0 Å². The maximum Gasteiger partial charge on any atom is 0.253 e. The van der Waals surface area contributed by atoms with Crippen molar-refractivity contribution in [1.82, 2.24) is 25.0 Å². The van der Waals surface area contributed by atoms with Crippen molar-refractivity contribution < 1.29 is 4.79 Å². The first kappa shape index (κ1) is 26.9. The number of nitrogens with zero attached hydrogens (tertiary/aromatic N) is 4. The summed E-state index contributed by atoms with van der Waals surface area (Å²) >= 11 is 0. The van der Waals surface area contributed by atoms with E-state index >= 15 is 0 Å². The predicted molar refractivity (Wildman–Crippen MR) is 151 cm³/mol. The summed E-state index contributed by atoms with van der Waals surface area (Å²) in [7, 11) is 6.27. The molecule has 0 bridgehead atoms. The number of anilines is 1. The Balaban J connectivity index is 1.72. The molecule has 2 aromatic heterocycles. The number of hydrogen-bond acceptors (Lipinski definition) is 5. The van der Waals surface area contributed by atoms with Crippen LogP contribution in [0.2, 0.25) is 0 Å². The number of carbonyl (C=O) groups excluding carboxylic acids is 1. The number of H-pyrrole nitrogens is 1. The maximum absolute atomic E-state index is 13.6. The Bertz CT molecular complexity index is 1360. The highest BCUT2D eigenvalue weighted by molar-refractivity contribution is 6.06. The van der Waals surface area contributed by atoms with E-state index in [1.807, 2.05) is 51.6 Å². The zero-order valence-electron chi connectivity index (χ0n) is 23.7. The Kier molecular flexibility index (Phi) is 7.78. The topological polar surface area (TPSA) is 86.3 Å². The van der Waals surface area contributed by atoms with Crippen molar-refractivity contribution in [3.05, 3.63) is 56.1 Å². The molecule has 1 saturated carbocycles. The van der Waals surface area contributed by atoms with Gasteiger partial charge < -0.3 is 20.1 Å². The molecule has 0 atom stereocenters. The molecule has 2 heterocycles. The number of carbonyl (C=O) groups is 1. The molecule has 0 saturated heterocycles. The molecule has 2 N–H and O–H groups in total. The minimum absolute atomic E-state index is 0.154. The van der Waals surface area contributed by atoms with Gasteiger partial charge in [-0.15, -0.1) is 0 Å². The molecule has 1 aliphatic carbocycles. The van der Waals surface area contributed by atoms with Gasteiger partial charge in [0.2, 0.25) is 0 Å². The minimum atomic E-state index is -0.175. The lowest BCUT2D eigenvalue weighted by atomic mass is 9.88. The van der Waals surface area contributed by atoms with E-state index in [4.69, 9.17) is 5.10 Å². The number of nitrogens with one attached hydrogen (secondary N) is 2. The second-order valence-electron chi connectivity index (χ2n) is 10.8. The minimum Gasteiger partial charge on any atom is -0.368 e. The Hall–Kier alpha value is -3.13. The molecule has 1 fully saturated rings. The lowest BCUT2D eigenvalue weighted by Crippen LogP contribution is -2.42. The highest BCUT2D eigenvalue weighted by Gasteiger charge is 2.30. The molecule has 0 aliphatic heterocycles. The quantitative estimate of drug-likeness (QED) is 0.503. The van der Waals surface area contributed by atoms with Gasteiger partial charge in [0.05, 0.1) is 16.9 Å². The van der Waals surface area contributed by atoms with E-state index in [-0.39, 0.29) is 18.0 Å². The summed E-state index contributed by atoms with van der Waals surface area (Å²) in [5.74, 6) is -0.175. The van der Waals surface area contributed by atoms with Gasteiger partial charge in [-0.2, -0.15) is 5.10 Å². The maximum atomic E-state index is 13.6. The largest absolute Gasteiger partial charge is 0.368 e. The Morgan fingerprint density at radius 2 is 1.76 bits per heavy atom. The van der Waals surface area contributed by atoms with E-state index in [0.717, 1.165) is 58.5 Å². The third-order valence-electron chi connectivity index (χ3n) is 8.17. The summed E-state index contributed by atoms with van der Waals surface area (Å²) in [4.78, 5) is 33.7. The van der Waals surface area contributed by atoms with E-state index in [1.165, 1.54) is 12.8 Å². The van der Waals surface area contributed by atoms with Gasteiger partial charge in [0.25, 0.3) is 11.5 Å². The molecule has 8 heteroatoms. The highest BCUT2D eigenvalue weighted by Crippen LogP contribution is 2.39. The van der Waals surface area contributed by atoms with Crippen LogP contribution in [0, 0.1) is 27.7 Å². The number of fused-ring (bicyclic) bond motifs is 1. The molecule has 1 amide bonds. The number of aromatic amines is 1. The molecule has 8 nitrogen and oxygen atoms in total. The van der Waals surface area contributed by atoms with Crippen LogP contribution in [0.15, 0.2) is 16.9 Å². The molecule has 4 rings (SSSR count). The third-order valence-corrected chi connectivity index (χ3v) is 8.17. The second kappa shape index (κ2) is 10.7. The first-order valence-electron chi connectivity index (χ1n) is 13.4. The average Bonchev–Trinajstić information content (AvgIpc) is 3.12. The van der Waals surface area contributed by atoms with Crippen LogP contribution in [0.1, 0.15) is 71.0 Å². The average molecular weight is 507 g/mol. The number of pyridine rings is 1. The molecule has 1 aromatic carbocycles. The molecule has 0 unspecified atom stereocenters. The van der Waals surface area contributed by atoms with Crippen molar-refractivity contribution in [3.63, 3.8) is 0 Å². The van der Waals surface area contributed by atoms with E-state index in [1.54, 1.807) is 0 Å². The Morgan fingerprint density at radius 3 is 2.35 bits per heavy atom. The van der Waals surface area contributed by atoms with Gasteiger partial charge in [-0.25, -0.2) is 0 Å². The van der Waals surface area contributed by atoms with Crippen LogP contribution in [-0.4, -0.2) is 58.3 Å². The number of amides is 1. The number of hydrogen-bond donors (Lipinski definition) is 2. The fraction of sp³-hybridized carbons (Fsp3) is 0.552. The van der Waals surface area contributed by atoms with Crippen molar-refractivity contribution >= 4 is 22.5 Å². The Morgan fingerprint density at radius 1 is 1.11 bits per heavy atom. The predicted octanol–water partition coefficient (Wildman–Crippen LogP) is 4.12. The van der Waals surface area contributed by atoms with Crippen LogP contribution in [0.25, 0.3) is 10.9 Å². The van der Waals surface area contributed by atoms with Crippen molar-refractivity contribution in [2.75, 3.05) is 25.5 Å². The van der Waals surface area contributed by atoms with Crippen LogP contribution >= 0.6 is 0 Å². The summed E-state index contributed by atoms with van der Waals surface area (Å²) in [6.45, 7) is 11.1. The van der Waals surface area contributed by atoms with Gasteiger partial charge in [0.15, 0.2) is 0 Å². The second-order valence-corrected chi connectivity index (χ2v) is 10.8. The van der Waals surface area contributed by atoms with E-state index < -0.39 is 0 Å². The third kappa shape index (κ3) is 5.17. The monoisotopic (exact) mass is 506 g/mol. The number of rotatable bonds is 7. The number of aromatic nitrogens is 3. The number of aryl methyl sites for hydroxylation is 4. The fourth-order valence-corrected chi connectivity index (χ4v) is 6.14. The first-order chi connectivity index (χ1) is 17.5. The van der Waals surface area contributed by atoms with E-state index in [2.05, 4.69) is 41.1 Å². The zero-order valence-corrected chi connectivity index (χ0v) is 23.7. The van der Waals surface area contributed by atoms with E-state index in [0.29, 0.717) is 23.2 Å². The lowest BCUT2D eigenvalue weighted by Gasteiger charge is -2.40. The SMILES string of the molecule is CCN(c1c(C)c(C(=O)NCc2c(C)cc(C)[nH]c2=O)cc2c1c(C)nn2C)C1CCC(N(C)C)CC1. The fourth-order valence-electron chi connectivity index (χ4n) is 6.14. The van der Waals surface area contributed by atoms with Crippen molar-refractivity contribution in [2.45, 2.75) is 78.9 Å². The summed E-state index contributed by atoms with van der Waals surface area (Å²) in [6.07, 6.45) is 4.60. The molecule has 3 aromatic rings. The molecule has 1 aliphatic rings. The van der Waals surface area contributed by atoms with Crippen molar-refractivity contribution in [1.29, 1.82) is 0 Å². The lowest BCUT2D eigenvalue weighted by molar-refractivity contribution is 0.0950. The van der Waals surface area contributed by atoms with Gasteiger partial charge in [-0.3, -0.25) is 14.3 Å². The van der Waals surface area contributed by atoms with Crippen LogP contribution in [0.4, 0.5) is 5.69 Å². The zero-order chi connectivity index (χ0) is 27.0. The van der Waals surface area contributed by atoms with Crippen LogP contribution in [0.3, 0.4) is 0 Å². The normalized spacial score (nSPS) is 18.0. The Labute approximate surface area is 220 Å². The number of benzene rings is 1. The standard InChI is InChI=1S/C29H42N6O2/c1-9-35(22-12-10-21(11-13-22)33(6)7)27-19(4)23(15-25-26(27)20(5)32-34(25)8)28(36)30-16-24-17(2)14-18(3)31-29(24)37/h14-15,21-22H,9-13,16H2,1-8H3,(H,30,36)(H,31,37). The summed E-state index contributed by atoms with van der Waals surface area (Å²) < 4.78 is 1.87. The first-order valence-corrected chi connectivity index (χ1v) is 13.4. The summed E-state index contributed by atoms with van der Waals surface area (Å²) in [5.41, 5.74) is 6.77. The smallest absolute Gasteiger partial charge is 0.253 e. The highest BCUT2D eigenvalue weighted by atomic mass is 16.1. The molecule has 0 radical (unpaired) electrons. The van der Waals surface area contributed by atoms with Crippen molar-refractivity contribution in [2.24, 2.45) is 7.05 Å². The molecule has 200 valence electrons.